The van der Waals surface area contributed by atoms with E-state index in [0.29, 0.717) is 5.69 Å². The highest BCUT2D eigenvalue weighted by Crippen LogP contribution is 2.30. The normalized spacial score (nSPS) is 10.9. The molecule has 0 aliphatic rings. The number of hydrogen-bond acceptors (Lipinski definition) is 7. The zero-order valence-corrected chi connectivity index (χ0v) is 14.6. The summed E-state index contributed by atoms with van der Waals surface area (Å²) in [5, 5.41) is 2.87. The summed E-state index contributed by atoms with van der Waals surface area (Å²) < 4.78 is 1.77. The van der Waals surface area contributed by atoms with E-state index >= 15 is 0 Å². The average Bonchev–Trinajstić information content (AvgIpc) is 2.86. The van der Waals surface area contributed by atoms with Crippen molar-refractivity contribution in [3.05, 3.63) is 34.6 Å². The number of thioether (sulfide) groups is 1. The van der Waals surface area contributed by atoms with E-state index in [2.05, 4.69) is 20.3 Å². The van der Waals surface area contributed by atoms with Crippen LogP contribution >= 0.6 is 46.3 Å². The maximum absolute atomic E-state index is 11.9. The van der Waals surface area contributed by atoms with Crippen molar-refractivity contribution in [1.29, 1.82) is 0 Å². The van der Waals surface area contributed by atoms with Gasteiger partial charge in [0.1, 0.15) is 10.3 Å². The molecule has 0 atom stereocenters. The number of rotatable bonds is 4. The van der Waals surface area contributed by atoms with Crippen LogP contribution < -0.4 is 11.1 Å². The molecular weight excluding hydrogens is 377 g/mol. The van der Waals surface area contributed by atoms with Crippen molar-refractivity contribution in [2.24, 2.45) is 0 Å². The second-order valence-corrected chi connectivity index (χ2v) is 7.41. The molecule has 118 valence electrons. The lowest BCUT2D eigenvalue weighted by atomic mass is 10.3. The Balaban J connectivity index is 1.63. The molecule has 23 heavy (non-hydrogen) atoms. The Kier molecular flexibility index (Phi) is 4.86. The van der Waals surface area contributed by atoms with Crippen molar-refractivity contribution in [2.75, 3.05) is 16.8 Å². The highest BCUT2D eigenvalue weighted by molar-refractivity contribution is 8.01. The number of amides is 1. The van der Waals surface area contributed by atoms with Crippen LogP contribution in [0.1, 0.15) is 0 Å². The molecule has 0 bridgehead atoms. The highest BCUT2D eigenvalue weighted by Gasteiger charge is 2.10. The summed E-state index contributed by atoms with van der Waals surface area (Å²) in [6.07, 6.45) is 0. The molecule has 0 aliphatic carbocycles. The number of nitrogens with two attached hydrogens (primary N) is 1. The van der Waals surface area contributed by atoms with Crippen molar-refractivity contribution in [1.82, 2.24) is 15.0 Å². The van der Waals surface area contributed by atoms with Gasteiger partial charge in [-0.15, -0.1) is 11.3 Å². The Labute approximate surface area is 149 Å². The van der Waals surface area contributed by atoms with Crippen molar-refractivity contribution in [2.45, 2.75) is 4.34 Å². The number of nitrogens with one attached hydrogen (secondary N) is 1. The van der Waals surface area contributed by atoms with Crippen LogP contribution in [0.25, 0.3) is 10.2 Å². The minimum atomic E-state index is -0.271. The predicted octanol–water partition coefficient (Wildman–Crippen LogP) is 3.71. The van der Waals surface area contributed by atoms with Gasteiger partial charge in [0.05, 0.1) is 16.0 Å². The number of thiazole rings is 1. The SMILES string of the molecule is Nc1ccc2nc(SCC(=O)Nc3nc(Cl)cc(Cl)n3)sc2c1. The number of anilines is 2. The summed E-state index contributed by atoms with van der Waals surface area (Å²) >= 11 is 14.3. The van der Waals surface area contributed by atoms with Crippen molar-refractivity contribution < 1.29 is 4.79 Å². The minimum Gasteiger partial charge on any atom is -0.399 e. The molecule has 0 radical (unpaired) electrons. The molecule has 0 saturated heterocycles. The molecule has 6 nitrogen and oxygen atoms in total. The molecule has 0 unspecified atom stereocenters. The third-order valence-corrected chi connectivity index (χ3v) is 5.18. The van der Waals surface area contributed by atoms with E-state index in [1.165, 1.54) is 29.2 Å². The number of nitrogen functional groups attached to an aromatic ring is 1. The van der Waals surface area contributed by atoms with Gasteiger partial charge in [0.15, 0.2) is 4.34 Å². The lowest BCUT2D eigenvalue weighted by Gasteiger charge is -2.03. The Morgan fingerprint density at radius 1 is 1.22 bits per heavy atom. The fourth-order valence-corrected chi connectivity index (χ4v) is 4.06. The van der Waals surface area contributed by atoms with Gasteiger partial charge in [-0.2, -0.15) is 0 Å². The standard InChI is InChI=1S/C13H9Cl2N5OS2/c14-9-4-10(15)19-12(18-9)20-11(21)5-22-13-17-7-2-1-6(16)3-8(7)23-13/h1-4H,5,16H2,(H,18,19,20,21). The maximum Gasteiger partial charge on any atom is 0.237 e. The van der Waals surface area contributed by atoms with Crippen LogP contribution in [-0.2, 0) is 4.79 Å². The van der Waals surface area contributed by atoms with Gasteiger partial charge < -0.3 is 5.73 Å². The van der Waals surface area contributed by atoms with E-state index in [1.807, 2.05) is 12.1 Å². The van der Waals surface area contributed by atoms with Crippen LogP contribution in [0.4, 0.5) is 11.6 Å². The molecule has 1 aromatic carbocycles. The van der Waals surface area contributed by atoms with Gasteiger partial charge in [-0.1, -0.05) is 35.0 Å². The summed E-state index contributed by atoms with van der Waals surface area (Å²) in [6.45, 7) is 0. The molecule has 0 saturated carbocycles. The van der Waals surface area contributed by atoms with Gasteiger partial charge in [-0.25, -0.2) is 15.0 Å². The molecule has 3 N–H and O–H groups in total. The quantitative estimate of drug-likeness (QED) is 0.403. The first-order valence-electron chi connectivity index (χ1n) is 6.28. The molecule has 3 aromatic rings. The summed E-state index contributed by atoms with van der Waals surface area (Å²) in [5.74, 6) is -0.0275. The molecule has 3 rings (SSSR count). The molecule has 0 aliphatic heterocycles. The fraction of sp³-hybridized carbons (Fsp3) is 0.0769. The molecule has 0 fully saturated rings. The van der Waals surface area contributed by atoms with Crippen LogP contribution in [0.2, 0.25) is 10.3 Å². The van der Waals surface area contributed by atoms with Gasteiger partial charge in [-0.3, -0.25) is 10.1 Å². The molecule has 2 aromatic heterocycles. The van der Waals surface area contributed by atoms with E-state index in [0.717, 1.165) is 14.6 Å². The number of aromatic nitrogens is 3. The van der Waals surface area contributed by atoms with E-state index in [1.54, 1.807) is 6.07 Å². The summed E-state index contributed by atoms with van der Waals surface area (Å²) in [6, 6.07) is 6.90. The number of halogens is 2. The van der Waals surface area contributed by atoms with Crippen LogP contribution in [0.15, 0.2) is 28.6 Å². The Morgan fingerprint density at radius 2 is 1.96 bits per heavy atom. The Bertz CT molecular complexity index is 866. The predicted molar refractivity (Wildman–Crippen MR) is 95.4 cm³/mol. The lowest BCUT2D eigenvalue weighted by molar-refractivity contribution is -0.113. The third-order valence-electron chi connectivity index (χ3n) is 2.63. The van der Waals surface area contributed by atoms with Gasteiger partial charge in [0.2, 0.25) is 11.9 Å². The smallest absolute Gasteiger partial charge is 0.237 e. The van der Waals surface area contributed by atoms with Crippen molar-refractivity contribution in [3.8, 4) is 0 Å². The first kappa shape index (κ1) is 16.3. The van der Waals surface area contributed by atoms with Crippen LogP contribution in [-0.4, -0.2) is 26.6 Å². The van der Waals surface area contributed by atoms with E-state index in [4.69, 9.17) is 28.9 Å². The van der Waals surface area contributed by atoms with E-state index in [-0.39, 0.29) is 27.9 Å². The van der Waals surface area contributed by atoms with Crippen molar-refractivity contribution in [3.63, 3.8) is 0 Å². The van der Waals surface area contributed by atoms with Gasteiger partial charge in [0.25, 0.3) is 0 Å². The Hall–Kier alpha value is -1.61. The fourth-order valence-electron chi connectivity index (χ4n) is 1.72. The van der Waals surface area contributed by atoms with Gasteiger partial charge in [-0.05, 0) is 18.2 Å². The second kappa shape index (κ2) is 6.88. The van der Waals surface area contributed by atoms with Gasteiger partial charge >= 0.3 is 0 Å². The topological polar surface area (TPSA) is 93.8 Å². The average molecular weight is 386 g/mol. The summed E-state index contributed by atoms with van der Waals surface area (Å²) in [4.78, 5) is 24.1. The maximum atomic E-state index is 11.9. The van der Waals surface area contributed by atoms with E-state index in [9.17, 15) is 4.79 Å². The summed E-state index contributed by atoms with van der Waals surface area (Å²) in [7, 11) is 0. The molecule has 2 heterocycles. The van der Waals surface area contributed by atoms with Crippen LogP contribution in [0.3, 0.4) is 0 Å². The Morgan fingerprint density at radius 3 is 2.70 bits per heavy atom. The number of hydrogen-bond donors (Lipinski definition) is 2. The van der Waals surface area contributed by atoms with Crippen LogP contribution in [0, 0.1) is 0 Å². The summed E-state index contributed by atoms with van der Waals surface area (Å²) in [5.41, 5.74) is 7.28. The molecule has 10 heteroatoms. The first-order chi connectivity index (χ1) is 11.0. The molecular formula is C13H9Cl2N5OS2. The number of carbonyl (C=O) groups is 1. The molecule has 0 spiro atoms. The molecule has 1 amide bonds. The number of carbonyl (C=O) groups excluding carboxylic acids is 1. The van der Waals surface area contributed by atoms with Crippen molar-refractivity contribution >= 4 is 74.1 Å². The van der Waals surface area contributed by atoms with Crippen LogP contribution in [0.5, 0.6) is 0 Å². The number of nitrogens with zero attached hydrogens (tertiary/aromatic N) is 3. The highest BCUT2D eigenvalue weighted by atomic mass is 35.5. The first-order valence-corrected chi connectivity index (χ1v) is 8.84. The zero-order chi connectivity index (χ0) is 16.4. The van der Waals surface area contributed by atoms with Gasteiger partial charge in [0, 0.05) is 11.8 Å². The third kappa shape index (κ3) is 4.23. The number of benzene rings is 1. The zero-order valence-electron chi connectivity index (χ0n) is 11.4. The largest absolute Gasteiger partial charge is 0.399 e. The number of fused-ring (bicyclic) bond motifs is 1. The minimum absolute atomic E-state index is 0.0742. The monoisotopic (exact) mass is 385 g/mol. The lowest BCUT2D eigenvalue weighted by Crippen LogP contribution is -2.16. The second-order valence-electron chi connectivity index (χ2n) is 4.38. The van der Waals surface area contributed by atoms with E-state index < -0.39 is 0 Å².